The second kappa shape index (κ2) is 3.46. The van der Waals surface area contributed by atoms with Crippen molar-refractivity contribution in [2.24, 2.45) is 0 Å². The normalized spacial score (nSPS) is 10.1. The van der Waals surface area contributed by atoms with Gasteiger partial charge < -0.3 is 0 Å². The van der Waals surface area contributed by atoms with Gasteiger partial charge in [-0.05, 0) is 25.1 Å². The molecule has 0 unspecified atom stereocenters. The Kier molecular flexibility index (Phi) is 2.14. The van der Waals surface area contributed by atoms with Crippen LogP contribution in [0.3, 0.4) is 0 Å². The van der Waals surface area contributed by atoms with Gasteiger partial charge in [0, 0.05) is 5.69 Å². The van der Waals surface area contributed by atoms with E-state index in [0.717, 1.165) is 17.3 Å². The molecule has 1 heterocycles. The zero-order chi connectivity index (χ0) is 9.97. The highest BCUT2D eigenvalue weighted by Crippen LogP contribution is 2.12. The number of aryl methyl sites for hydroxylation is 1. The first-order valence-electron chi connectivity index (χ1n) is 4.43. The molecular weight excluding hydrogens is 174 g/mol. The Labute approximate surface area is 82.7 Å². The van der Waals surface area contributed by atoms with Gasteiger partial charge in [-0.3, -0.25) is 4.57 Å². The second-order valence-electron chi connectivity index (χ2n) is 2.98. The van der Waals surface area contributed by atoms with Crippen LogP contribution < -0.4 is 0 Å². The number of aromatic nitrogens is 3. The number of benzene rings is 1. The summed E-state index contributed by atoms with van der Waals surface area (Å²) < 4.78 is 1.97. The molecule has 0 saturated carbocycles. The van der Waals surface area contributed by atoms with Crippen LogP contribution in [0.15, 0.2) is 36.9 Å². The summed E-state index contributed by atoms with van der Waals surface area (Å²) in [5.74, 6) is 1.64. The van der Waals surface area contributed by atoms with E-state index in [0.29, 0.717) is 0 Å². The molecule has 14 heavy (non-hydrogen) atoms. The van der Waals surface area contributed by atoms with Crippen molar-refractivity contribution in [3.05, 3.63) is 48.6 Å². The standard InChI is InChI=1S/C11H11N3/c1-3-11-13-12-9(2)14(11)10-7-5-4-6-8-10/h3-8H,1H2,2H3. The van der Waals surface area contributed by atoms with Gasteiger partial charge in [0.05, 0.1) is 0 Å². The molecule has 0 radical (unpaired) electrons. The Balaban J connectivity index is 2.61. The van der Waals surface area contributed by atoms with Crippen LogP contribution in [0.2, 0.25) is 0 Å². The second-order valence-corrected chi connectivity index (χ2v) is 2.98. The smallest absolute Gasteiger partial charge is 0.160 e. The van der Waals surface area contributed by atoms with Crippen molar-refractivity contribution in [1.82, 2.24) is 14.8 Å². The summed E-state index contributed by atoms with van der Waals surface area (Å²) >= 11 is 0. The number of hydrogen-bond donors (Lipinski definition) is 0. The molecule has 0 atom stereocenters. The monoisotopic (exact) mass is 185 g/mol. The molecule has 1 aromatic carbocycles. The van der Waals surface area contributed by atoms with Crippen molar-refractivity contribution >= 4 is 6.08 Å². The molecule has 0 fully saturated rings. The SMILES string of the molecule is C=Cc1nnc(C)n1-c1ccccc1. The lowest BCUT2D eigenvalue weighted by Crippen LogP contribution is -1.98. The molecular formula is C11H11N3. The average Bonchev–Trinajstić information content (AvgIpc) is 2.61. The molecule has 0 aliphatic heterocycles. The summed E-state index contributed by atoms with van der Waals surface area (Å²) in [6, 6.07) is 9.99. The minimum absolute atomic E-state index is 0.772. The quantitative estimate of drug-likeness (QED) is 0.718. The van der Waals surface area contributed by atoms with E-state index in [1.54, 1.807) is 6.08 Å². The van der Waals surface area contributed by atoms with E-state index in [2.05, 4.69) is 16.8 Å². The van der Waals surface area contributed by atoms with Crippen LogP contribution >= 0.6 is 0 Å². The molecule has 1 aromatic heterocycles. The summed E-state index contributed by atoms with van der Waals surface area (Å²) in [6.45, 7) is 5.63. The zero-order valence-electron chi connectivity index (χ0n) is 8.01. The Morgan fingerprint density at radius 1 is 1.21 bits per heavy atom. The van der Waals surface area contributed by atoms with Crippen LogP contribution in [0.1, 0.15) is 11.6 Å². The van der Waals surface area contributed by atoms with E-state index in [4.69, 9.17) is 0 Å². The number of para-hydroxylation sites is 1. The third-order valence-corrected chi connectivity index (χ3v) is 2.05. The van der Waals surface area contributed by atoms with Crippen LogP contribution in [0.4, 0.5) is 0 Å². The highest BCUT2D eigenvalue weighted by molar-refractivity contribution is 5.44. The van der Waals surface area contributed by atoms with Crippen molar-refractivity contribution in [1.29, 1.82) is 0 Å². The van der Waals surface area contributed by atoms with Gasteiger partial charge in [-0.25, -0.2) is 0 Å². The number of hydrogen-bond acceptors (Lipinski definition) is 2. The predicted molar refractivity (Wildman–Crippen MR) is 56.2 cm³/mol. The van der Waals surface area contributed by atoms with Crippen LogP contribution in [0, 0.1) is 6.92 Å². The molecule has 0 saturated heterocycles. The molecule has 3 heteroatoms. The van der Waals surface area contributed by atoms with Crippen molar-refractivity contribution < 1.29 is 0 Å². The Morgan fingerprint density at radius 3 is 2.57 bits per heavy atom. The molecule has 0 amide bonds. The molecule has 2 aromatic rings. The molecule has 0 aliphatic carbocycles. The van der Waals surface area contributed by atoms with Gasteiger partial charge in [0.1, 0.15) is 5.82 Å². The lowest BCUT2D eigenvalue weighted by Gasteiger charge is -2.05. The lowest BCUT2D eigenvalue weighted by atomic mass is 10.3. The molecule has 0 bridgehead atoms. The van der Waals surface area contributed by atoms with Crippen molar-refractivity contribution in [3.8, 4) is 5.69 Å². The molecule has 0 spiro atoms. The highest BCUT2D eigenvalue weighted by Gasteiger charge is 2.06. The fraction of sp³-hybridized carbons (Fsp3) is 0.0909. The molecule has 3 nitrogen and oxygen atoms in total. The minimum Gasteiger partial charge on any atom is -0.280 e. The lowest BCUT2D eigenvalue weighted by molar-refractivity contribution is 0.964. The van der Waals surface area contributed by atoms with Gasteiger partial charge in [0.2, 0.25) is 0 Å². The molecule has 0 aliphatic rings. The van der Waals surface area contributed by atoms with Crippen molar-refractivity contribution in [2.75, 3.05) is 0 Å². The molecule has 2 rings (SSSR count). The first-order chi connectivity index (χ1) is 6.83. The maximum Gasteiger partial charge on any atom is 0.160 e. The topological polar surface area (TPSA) is 30.7 Å². The maximum absolute atomic E-state index is 4.01. The first kappa shape index (κ1) is 8.69. The number of rotatable bonds is 2. The Morgan fingerprint density at radius 2 is 1.93 bits per heavy atom. The third kappa shape index (κ3) is 1.33. The largest absolute Gasteiger partial charge is 0.280 e. The van der Waals surface area contributed by atoms with E-state index in [-0.39, 0.29) is 0 Å². The Bertz CT molecular complexity index is 443. The van der Waals surface area contributed by atoms with Gasteiger partial charge in [-0.2, -0.15) is 0 Å². The fourth-order valence-electron chi connectivity index (χ4n) is 1.41. The Hall–Kier alpha value is -1.90. The van der Waals surface area contributed by atoms with Crippen molar-refractivity contribution in [3.63, 3.8) is 0 Å². The average molecular weight is 185 g/mol. The van der Waals surface area contributed by atoms with Crippen LogP contribution in [-0.4, -0.2) is 14.8 Å². The van der Waals surface area contributed by atoms with Crippen LogP contribution in [0.5, 0.6) is 0 Å². The summed E-state index contributed by atoms with van der Waals surface area (Å²) in [7, 11) is 0. The van der Waals surface area contributed by atoms with E-state index in [1.807, 2.05) is 41.8 Å². The van der Waals surface area contributed by atoms with Crippen molar-refractivity contribution in [2.45, 2.75) is 6.92 Å². The summed E-state index contributed by atoms with van der Waals surface area (Å²) in [5.41, 5.74) is 1.06. The zero-order valence-corrected chi connectivity index (χ0v) is 8.01. The first-order valence-corrected chi connectivity index (χ1v) is 4.43. The van der Waals surface area contributed by atoms with Gasteiger partial charge >= 0.3 is 0 Å². The fourth-order valence-corrected chi connectivity index (χ4v) is 1.41. The van der Waals surface area contributed by atoms with Gasteiger partial charge in [0.25, 0.3) is 0 Å². The van der Waals surface area contributed by atoms with E-state index >= 15 is 0 Å². The van der Waals surface area contributed by atoms with Crippen LogP contribution in [-0.2, 0) is 0 Å². The minimum atomic E-state index is 0.772. The van der Waals surface area contributed by atoms with Gasteiger partial charge in [0.15, 0.2) is 5.82 Å². The van der Waals surface area contributed by atoms with Gasteiger partial charge in [-0.1, -0.05) is 24.8 Å². The molecule has 70 valence electrons. The highest BCUT2D eigenvalue weighted by atomic mass is 15.3. The summed E-state index contributed by atoms with van der Waals surface area (Å²) in [6.07, 6.45) is 1.70. The summed E-state index contributed by atoms with van der Waals surface area (Å²) in [5, 5.41) is 8.01. The van der Waals surface area contributed by atoms with Crippen LogP contribution in [0.25, 0.3) is 11.8 Å². The van der Waals surface area contributed by atoms with E-state index in [1.165, 1.54) is 0 Å². The predicted octanol–water partition coefficient (Wildman–Crippen LogP) is 2.22. The maximum atomic E-state index is 4.01. The third-order valence-electron chi connectivity index (χ3n) is 2.05. The number of nitrogens with zero attached hydrogens (tertiary/aromatic N) is 3. The van der Waals surface area contributed by atoms with Gasteiger partial charge in [-0.15, -0.1) is 10.2 Å². The molecule has 0 N–H and O–H groups in total. The summed E-state index contributed by atoms with van der Waals surface area (Å²) in [4.78, 5) is 0. The van der Waals surface area contributed by atoms with E-state index in [9.17, 15) is 0 Å². The van der Waals surface area contributed by atoms with E-state index < -0.39 is 0 Å².